The highest BCUT2D eigenvalue weighted by Gasteiger charge is 2.26. The number of pyridine rings is 1. The number of esters is 2. The van der Waals surface area contributed by atoms with Gasteiger partial charge in [-0.05, 0) is 55.3 Å². The van der Waals surface area contributed by atoms with Crippen LogP contribution >= 0.6 is 34.5 Å². The zero-order valence-electron chi connectivity index (χ0n) is 27.2. The van der Waals surface area contributed by atoms with Crippen LogP contribution in [0.25, 0.3) is 0 Å². The summed E-state index contributed by atoms with van der Waals surface area (Å²) >= 11 is 14.3. The topological polar surface area (TPSA) is 100 Å². The number of H-pyrrole nitrogens is 1. The molecule has 0 radical (unpaired) electrons. The van der Waals surface area contributed by atoms with Crippen molar-refractivity contribution >= 4 is 46.5 Å². The Bertz CT molecular complexity index is 1660. The Morgan fingerprint density at radius 2 is 1.67 bits per heavy atom. The predicted octanol–water partition coefficient (Wildman–Crippen LogP) is 6.89. The Morgan fingerprint density at radius 1 is 0.958 bits per heavy atom. The lowest BCUT2D eigenvalue weighted by molar-refractivity contribution is -0.377. The largest absolute Gasteiger partial charge is 0.493 e. The maximum absolute atomic E-state index is 13.6. The summed E-state index contributed by atoms with van der Waals surface area (Å²) in [6.45, 7) is 2.29. The molecule has 1 saturated heterocycles. The van der Waals surface area contributed by atoms with Gasteiger partial charge in [0.05, 0.1) is 20.6 Å². The van der Waals surface area contributed by atoms with Crippen LogP contribution in [0.2, 0.25) is 10.0 Å². The minimum absolute atomic E-state index is 0.0499. The molecule has 1 aliphatic heterocycles. The van der Waals surface area contributed by atoms with Gasteiger partial charge in [-0.25, -0.2) is 9.78 Å². The van der Waals surface area contributed by atoms with E-state index in [9.17, 15) is 9.59 Å². The highest BCUT2D eigenvalue weighted by Crippen LogP contribution is 2.36. The Labute approximate surface area is 295 Å². The van der Waals surface area contributed by atoms with Gasteiger partial charge in [-0.3, -0.25) is 4.79 Å². The van der Waals surface area contributed by atoms with Crippen molar-refractivity contribution in [2.75, 3.05) is 34.4 Å². The standard InChI is InChI=1S/C36H39Cl2N3O6S/c1-41-15-13-25(14-16-41)46-35(42)19-30(23-7-5-4-6-8-23)40-20-26-10-12-34(48-26)36(43)47-32(18-27-28(37)21-39-22-29(27)38)24-9-11-31(44-2)33(17-24)45-3/h4-12,17,21-22,25,30,32,40H,13-16,18-20H2,1-3H3/p+1/t30?,32-/m0/s1. The van der Waals surface area contributed by atoms with Crippen molar-refractivity contribution in [1.29, 1.82) is 0 Å². The second-order valence-electron chi connectivity index (χ2n) is 11.6. The molecule has 1 unspecified atom stereocenters. The van der Waals surface area contributed by atoms with Gasteiger partial charge in [0.15, 0.2) is 23.9 Å². The third-order valence-electron chi connectivity index (χ3n) is 8.34. The molecule has 12 heteroatoms. The Morgan fingerprint density at radius 3 is 2.35 bits per heavy atom. The maximum Gasteiger partial charge on any atom is 0.348 e. The van der Waals surface area contributed by atoms with Gasteiger partial charge < -0.3 is 29.2 Å². The number of likely N-dealkylation sites (tertiary alicyclic amines) is 1. The summed E-state index contributed by atoms with van der Waals surface area (Å²) in [7, 11) is 5.18. The summed E-state index contributed by atoms with van der Waals surface area (Å²) in [4.78, 5) is 33.1. The lowest BCUT2D eigenvalue weighted by Gasteiger charge is -2.29. The third-order valence-corrected chi connectivity index (χ3v) is 10.1. The van der Waals surface area contributed by atoms with E-state index in [1.54, 1.807) is 44.8 Å². The van der Waals surface area contributed by atoms with E-state index in [0.29, 0.717) is 44.1 Å². The molecule has 1 aliphatic rings. The summed E-state index contributed by atoms with van der Waals surface area (Å²) in [6, 6.07) is 18.6. The second-order valence-corrected chi connectivity index (χ2v) is 13.6. The molecule has 0 bridgehead atoms. The number of methoxy groups -OCH3 is 2. The molecular formula is C36H40Cl2N3O6S+. The van der Waals surface area contributed by atoms with Crippen LogP contribution in [0.5, 0.6) is 11.5 Å². The van der Waals surface area contributed by atoms with Crippen LogP contribution in [0.1, 0.15) is 62.6 Å². The van der Waals surface area contributed by atoms with Gasteiger partial charge in [0.1, 0.15) is 27.1 Å². The van der Waals surface area contributed by atoms with E-state index in [2.05, 4.69) is 22.2 Å². The number of nitrogens with one attached hydrogen (secondary N) is 2. The lowest BCUT2D eigenvalue weighted by atomic mass is 10.0. The van der Waals surface area contributed by atoms with Crippen molar-refractivity contribution in [1.82, 2.24) is 10.2 Å². The number of halogens is 2. The first kappa shape index (κ1) is 35.6. The summed E-state index contributed by atoms with van der Waals surface area (Å²) in [6.07, 6.45) is 4.61. The summed E-state index contributed by atoms with van der Waals surface area (Å²) in [5, 5.41) is 4.36. The first-order valence-corrected chi connectivity index (χ1v) is 17.3. The van der Waals surface area contributed by atoms with Crippen LogP contribution in [0.15, 0.2) is 73.1 Å². The number of aromatic nitrogens is 1. The van der Waals surface area contributed by atoms with Crippen LogP contribution in [-0.2, 0) is 27.2 Å². The molecule has 2 aromatic heterocycles. The average Bonchev–Trinajstić information content (AvgIpc) is 3.58. The van der Waals surface area contributed by atoms with Crippen LogP contribution in [0.3, 0.4) is 0 Å². The molecule has 5 rings (SSSR count). The molecule has 9 nitrogen and oxygen atoms in total. The number of carbonyl (C=O) groups excluding carboxylic acids is 2. The molecule has 2 N–H and O–H groups in total. The molecule has 1 fully saturated rings. The van der Waals surface area contributed by atoms with Crippen LogP contribution < -0.4 is 19.8 Å². The molecule has 4 aromatic rings. The smallest absolute Gasteiger partial charge is 0.348 e. The van der Waals surface area contributed by atoms with Crippen LogP contribution in [0, 0.1) is 0 Å². The number of carbonyl (C=O) groups is 2. The number of benzene rings is 2. The number of aromatic amines is 1. The van der Waals surface area contributed by atoms with Gasteiger partial charge in [-0.1, -0.05) is 59.6 Å². The second kappa shape index (κ2) is 17.1. The zero-order chi connectivity index (χ0) is 34.0. The van der Waals surface area contributed by atoms with Gasteiger partial charge in [0.2, 0.25) is 0 Å². The van der Waals surface area contributed by atoms with Crippen molar-refractivity contribution in [2.45, 2.75) is 50.5 Å². The van der Waals surface area contributed by atoms with Crippen LogP contribution in [-0.4, -0.2) is 57.3 Å². The molecule has 0 aliphatic carbocycles. The van der Waals surface area contributed by atoms with Gasteiger partial charge in [0, 0.05) is 42.5 Å². The zero-order valence-corrected chi connectivity index (χ0v) is 29.5. The molecule has 254 valence electrons. The van der Waals surface area contributed by atoms with E-state index in [1.807, 2.05) is 42.5 Å². The van der Waals surface area contributed by atoms with Crippen molar-refractivity contribution in [3.05, 3.63) is 110 Å². The molecule has 0 amide bonds. The van der Waals surface area contributed by atoms with E-state index >= 15 is 0 Å². The SMILES string of the molecule is COc1ccc([C@H](Cc2c(Cl)c[nH+]cc2Cl)OC(=O)c2ccc(CNC(CC(=O)OC3CCN(C)CC3)c3ccccc3)s2)cc1OC. The fourth-order valence-corrected chi connectivity index (χ4v) is 7.00. The van der Waals surface area contributed by atoms with E-state index in [-0.39, 0.29) is 31.0 Å². The third kappa shape index (κ3) is 9.48. The number of thiophene rings is 1. The van der Waals surface area contributed by atoms with Crippen LogP contribution in [0.4, 0.5) is 0 Å². The number of piperidine rings is 1. The molecule has 0 saturated carbocycles. The molecule has 48 heavy (non-hydrogen) atoms. The number of hydrogen-bond donors (Lipinski definition) is 1. The van der Waals surface area contributed by atoms with E-state index in [0.717, 1.165) is 36.4 Å². The number of rotatable bonds is 14. The minimum atomic E-state index is -0.726. The summed E-state index contributed by atoms with van der Waals surface area (Å²) in [5.74, 6) is 0.347. The first-order chi connectivity index (χ1) is 23.2. The van der Waals surface area contributed by atoms with Gasteiger partial charge in [-0.2, -0.15) is 0 Å². The number of ether oxygens (including phenoxy) is 4. The maximum atomic E-state index is 13.6. The van der Waals surface area contributed by atoms with Gasteiger partial charge in [-0.15, -0.1) is 11.3 Å². The van der Waals surface area contributed by atoms with Crippen molar-refractivity contribution in [3.8, 4) is 11.5 Å². The first-order valence-electron chi connectivity index (χ1n) is 15.8. The number of hydrogen-bond acceptors (Lipinski definition) is 9. The monoisotopic (exact) mass is 712 g/mol. The lowest BCUT2D eigenvalue weighted by Crippen LogP contribution is -2.36. The highest BCUT2D eigenvalue weighted by atomic mass is 35.5. The highest BCUT2D eigenvalue weighted by molar-refractivity contribution is 7.13. The van der Waals surface area contributed by atoms with Crippen molar-refractivity contribution in [2.24, 2.45) is 0 Å². The number of nitrogens with zero attached hydrogens (tertiary/aromatic N) is 1. The fraction of sp³-hybridized carbons (Fsp3) is 0.361. The quantitative estimate of drug-likeness (QED) is 0.141. The van der Waals surface area contributed by atoms with Gasteiger partial charge >= 0.3 is 11.9 Å². The Balaban J connectivity index is 1.28. The predicted molar refractivity (Wildman–Crippen MR) is 186 cm³/mol. The van der Waals surface area contributed by atoms with E-state index in [4.69, 9.17) is 42.1 Å². The molecular weight excluding hydrogens is 673 g/mol. The van der Waals surface area contributed by atoms with Gasteiger partial charge in [0.25, 0.3) is 0 Å². The van der Waals surface area contributed by atoms with Crippen molar-refractivity contribution in [3.63, 3.8) is 0 Å². The normalized spacial score (nSPS) is 15.0. The van der Waals surface area contributed by atoms with E-state index in [1.165, 1.54) is 11.3 Å². The van der Waals surface area contributed by atoms with Crippen molar-refractivity contribution < 1.29 is 33.5 Å². The fourth-order valence-electron chi connectivity index (χ4n) is 5.63. The molecule has 2 atom stereocenters. The summed E-state index contributed by atoms with van der Waals surface area (Å²) in [5.41, 5.74) is 2.32. The Kier molecular flexibility index (Phi) is 12.7. The minimum Gasteiger partial charge on any atom is -0.493 e. The molecule has 3 heterocycles. The molecule has 2 aromatic carbocycles. The average molecular weight is 714 g/mol. The van der Waals surface area contributed by atoms with E-state index < -0.39 is 12.1 Å². The summed E-state index contributed by atoms with van der Waals surface area (Å²) < 4.78 is 22.9. The Hall–Kier alpha value is -3.67. The molecule has 0 spiro atoms.